The first-order chi connectivity index (χ1) is 9.82. The van der Waals surface area contributed by atoms with Crippen LogP contribution in [0.15, 0.2) is 51.8 Å². The van der Waals surface area contributed by atoms with E-state index in [1.54, 1.807) is 0 Å². The first kappa shape index (κ1) is 16.4. The molecule has 0 aliphatic rings. The van der Waals surface area contributed by atoms with E-state index in [0.717, 1.165) is 22.2 Å². The van der Waals surface area contributed by atoms with E-state index in [4.69, 9.17) is 11.6 Å². The highest BCUT2D eigenvalue weighted by atomic mass is 79.9. The van der Waals surface area contributed by atoms with Crippen molar-refractivity contribution in [1.82, 2.24) is 4.31 Å². The number of sulfonamides is 1. The predicted molar refractivity (Wildman–Crippen MR) is 84.2 cm³/mol. The molecule has 0 spiro atoms. The van der Waals surface area contributed by atoms with Crippen molar-refractivity contribution >= 4 is 37.6 Å². The fourth-order valence-corrected chi connectivity index (χ4v) is 3.60. The quantitative estimate of drug-likeness (QED) is 0.787. The highest BCUT2D eigenvalue weighted by Crippen LogP contribution is 2.24. The Kier molecular flexibility index (Phi) is 5.03. The summed E-state index contributed by atoms with van der Waals surface area (Å²) < 4.78 is 40.0. The van der Waals surface area contributed by atoms with E-state index >= 15 is 0 Å². The van der Waals surface area contributed by atoms with Crippen molar-refractivity contribution in [3.05, 3.63) is 63.3 Å². The third kappa shape index (κ3) is 3.63. The van der Waals surface area contributed by atoms with Crippen LogP contribution in [-0.2, 0) is 16.6 Å². The van der Waals surface area contributed by atoms with Crippen LogP contribution in [0, 0.1) is 5.82 Å². The fourth-order valence-electron chi connectivity index (χ4n) is 1.77. The second-order valence-electron chi connectivity index (χ2n) is 4.43. The summed E-state index contributed by atoms with van der Waals surface area (Å²) in [6.45, 7) is 0.193. The lowest BCUT2D eigenvalue weighted by Crippen LogP contribution is -2.26. The van der Waals surface area contributed by atoms with E-state index in [-0.39, 0.29) is 16.5 Å². The fraction of sp³-hybridized carbons (Fsp3) is 0.143. The van der Waals surface area contributed by atoms with Gasteiger partial charge in [-0.15, -0.1) is 0 Å². The lowest BCUT2D eigenvalue weighted by Gasteiger charge is -2.18. The standard InChI is InChI=1S/C14H12BrClFNO2S/c1-18(9-10-4-2-3-5-12(10)15)21(19,20)11-6-7-14(17)13(16)8-11/h2-8H,9H2,1H3. The molecule has 21 heavy (non-hydrogen) atoms. The van der Waals surface area contributed by atoms with E-state index in [1.807, 2.05) is 24.3 Å². The molecule has 0 radical (unpaired) electrons. The van der Waals surface area contributed by atoms with Crippen molar-refractivity contribution in [2.75, 3.05) is 7.05 Å². The summed E-state index contributed by atoms with van der Waals surface area (Å²) in [6, 6.07) is 10.7. The van der Waals surface area contributed by atoms with E-state index in [9.17, 15) is 12.8 Å². The lowest BCUT2D eigenvalue weighted by atomic mass is 10.2. The van der Waals surface area contributed by atoms with Gasteiger partial charge >= 0.3 is 0 Å². The maximum absolute atomic E-state index is 13.1. The Balaban J connectivity index is 2.30. The third-order valence-corrected chi connectivity index (χ3v) is 5.81. The number of hydrogen-bond donors (Lipinski definition) is 0. The maximum atomic E-state index is 13.1. The lowest BCUT2D eigenvalue weighted by molar-refractivity contribution is 0.466. The largest absolute Gasteiger partial charge is 0.243 e. The van der Waals surface area contributed by atoms with Crippen molar-refractivity contribution < 1.29 is 12.8 Å². The van der Waals surface area contributed by atoms with E-state index in [2.05, 4.69) is 15.9 Å². The molecule has 0 heterocycles. The smallest absolute Gasteiger partial charge is 0.207 e. The predicted octanol–water partition coefficient (Wildman–Crippen LogP) is 4.06. The van der Waals surface area contributed by atoms with Gasteiger partial charge in [0.25, 0.3) is 0 Å². The molecule has 0 bridgehead atoms. The molecule has 0 fully saturated rings. The molecule has 0 atom stereocenters. The van der Waals surface area contributed by atoms with Gasteiger partial charge < -0.3 is 0 Å². The number of rotatable bonds is 4. The Hall–Kier alpha value is -0.950. The van der Waals surface area contributed by atoms with Crippen LogP contribution in [0.5, 0.6) is 0 Å². The van der Waals surface area contributed by atoms with Crippen LogP contribution in [0.25, 0.3) is 0 Å². The molecule has 7 heteroatoms. The van der Waals surface area contributed by atoms with Crippen LogP contribution in [0.3, 0.4) is 0 Å². The molecule has 3 nitrogen and oxygen atoms in total. The van der Waals surface area contributed by atoms with Gasteiger partial charge in [0.15, 0.2) is 0 Å². The van der Waals surface area contributed by atoms with Gasteiger partial charge in [-0.05, 0) is 29.8 Å². The van der Waals surface area contributed by atoms with Gasteiger partial charge in [0, 0.05) is 18.1 Å². The van der Waals surface area contributed by atoms with E-state index < -0.39 is 15.8 Å². The second-order valence-corrected chi connectivity index (χ2v) is 7.73. The van der Waals surface area contributed by atoms with Crippen molar-refractivity contribution in [1.29, 1.82) is 0 Å². The molecular weight excluding hydrogens is 381 g/mol. The minimum absolute atomic E-state index is 0.0385. The molecule has 2 aromatic rings. The zero-order valence-corrected chi connectivity index (χ0v) is 14.2. The molecule has 0 aliphatic carbocycles. The molecule has 0 aromatic heterocycles. The number of hydrogen-bond acceptors (Lipinski definition) is 2. The molecule has 112 valence electrons. The molecular formula is C14H12BrClFNO2S. The van der Waals surface area contributed by atoms with Crippen LogP contribution in [0.2, 0.25) is 5.02 Å². The van der Waals surface area contributed by atoms with Gasteiger partial charge in [-0.25, -0.2) is 12.8 Å². The Labute approximate surface area is 136 Å². The first-order valence-electron chi connectivity index (χ1n) is 5.97. The van der Waals surface area contributed by atoms with Crippen molar-refractivity contribution in [3.8, 4) is 0 Å². The highest BCUT2D eigenvalue weighted by molar-refractivity contribution is 9.10. The average Bonchev–Trinajstić information content (AvgIpc) is 2.44. The maximum Gasteiger partial charge on any atom is 0.243 e. The summed E-state index contributed by atoms with van der Waals surface area (Å²) in [5, 5.41) is -0.217. The van der Waals surface area contributed by atoms with E-state index in [0.29, 0.717) is 0 Å². The van der Waals surface area contributed by atoms with Gasteiger partial charge in [0.05, 0.1) is 9.92 Å². The number of nitrogens with zero attached hydrogens (tertiary/aromatic N) is 1. The number of benzene rings is 2. The van der Waals surface area contributed by atoms with Gasteiger partial charge in [-0.1, -0.05) is 45.7 Å². The Bertz CT molecular complexity index is 767. The molecule has 0 saturated carbocycles. The van der Waals surface area contributed by atoms with Crippen LogP contribution in [0.4, 0.5) is 4.39 Å². The third-order valence-electron chi connectivity index (χ3n) is 2.95. The summed E-state index contributed by atoms with van der Waals surface area (Å²) in [7, 11) is -2.27. The molecule has 0 N–H and O–H groups in total. The Morgan fingerprint density at radius 1 is 1.24 bits per heavy atom. The van der Waals surface area contributed by atoms with Crippen molar-refractivity contribution in [2.45, 2.75) is 11.4 Å². The van der Waals surface area contributed by atoms with E-state index in [1.165, 1.54) is 17.4 Å². The summed E-state index contributed by atoms with van der Waals surface area (Å²) >= 11 is 9.02. The topological polar surface area (TPSA) is 37.4 Å². The molecule has 0 amide bonds. The second kappa shape index (κ2) is 6.44. The molecule has 0 aliphatic heterocycles. The minimum Gasteiger partial charge on any atom is -0.207 e. The van der Waals surface area contributed by atoms with Crippen LogP contribution in [-0.4, -0.2) is 19.8 Å². The SMILES string of the molecule is CN(Cc1ccccc1Br)S(=O)(=O)c1ccc(F)c(Cl)c1. The average molecular weight is 393 g/mol. The normalized spacial score (nSPS) is 11.9. The van der Waals surface area contributed by atoms with Crippen LogP contribution in [0.1, 0.15) is 5.56 Å². The van der Waals surface area contributed by atoms with Crippen molar-refractivity contribution in [3.63, 3.8) is 0 Å². The highest BCUT2D eigenvalue weighted by Gasteiger charge is 2.22. The van der Waals surface area contributed by atoms with Crippen LogP contribution >= 0.6 is 27.5 Å². The summed E-state index contributed by atoms with van der Waals surface area (Å²) in [5.74, 6) is -0.649. The van der Waals surface area contributed by atoms with Gasteiger partial charge in [0.1, 0.15) is 5.82 Å². The minimum atomic E-state index is -3.73. The molecule has 0 saturated heterocycles. The zero-order valence-electron chi connectivity index (χ0n) is 11.1. The number of halogens is 3. The monoisotopic (exact) mass is 391 g/mol. The Morgan fingerprint density at radius 2 is 1.90 bits per heavy atom. The van der Waals surface area contributed by atoms with Gasteiger partial charge in [0.2, 0.25) is 10.0 Å². The summed E-state index contributed by atoms with van der Waals surface area (Å²) in [6.07, 6.45) is 0. The molecule has 2 aromatic carbocycles. The molecule has 0 unspecified atom stereocenters. The van der Waals surface area contributed by atoms with Crippen LogP contribution < -0.4 is 0 Å². The zero-order chi connectivity index (χ0) is 15.6. The first-order valence-corrected chi connectivity index (χ1v) is 8.58. The Morgan fingerprint density at radius 3 is 2.52 bits per heavy atom. The summed E-state index contributed by atoms with van der Waals surface area (Å²) in [4.78, 5) is -0.0385. The van der Waals surface area contributed by atoms with Gasteiger partial charge in [-0.2, -0.15) is 4.31 Å². The molecule has 2 rings (SSSR count). The summed E-state index contributed by atoms with van der Waals surface area (Å²) in [5.41, 5.74) is 0.830. The van der Waals surface area contributed by atoms with Gasteiger partial charge in [-0.3, -0.25) is 0 Å². The van der Waals surface area contributed by atoms with Crippen molar-refractivity contribution in [2.24, 2.45) is 0 Å².